The van der Waals surface area contributed by atoms with Crippen molar-refractivity contribution in [2.45, 2.75) is 50.3 Å². The minimum Gasteiger partial charge on any atom is -0.391 e. The van der Waals surface area contributed by atoms with Gasteiger partial charge in [-0.3, -0.25) is 0 Å². The second-order valence-corrected chi connectivity index (χ2v) is 7.27. The first-order valence-corrected chi connectivity index (χ1v) is 8.57. The Morgan fingerprint density at radius 1 is 1.29 bits per heavy atom. The van der Waals surface area contributed by atoms with E-state index in [2.05, 4.69) is 22.4 Å². The second kappa shape index (κ2) is 5.52. The summed E-state index contributed by atoms with van der Waals surface area (Å²) in [5, 5.41) is 15.1. The lowest BCUT2D eigenvalue weighted by atomic mass is 9.86. The number of benzene rings is 1. The van der Waals surface area contributed by atoms with Crippen LogP contribution in [0.1, 0.15) is 52.2 Å². The lowest BCUT2D eigenvalue weighted by molar-refractivity contribution is 0.141. The fourth-order valence-electron chi connectivity index (χ4n) is 3.28. The summed E-state index contributed by atoms with van der Waals surface area (Å²) in [5.41, 5.74) is 2.51. The van der Waals surface area contributed by atoms with Crippen LogP contribution in [0.2, 0.25) is 0 Å². The molecule has 3 nitrogen and oxygen atoms in total. The van der Waals surface area contributed by atoms with E-state index in [-0.39, 0.29) is 12.1 Å². The van der Waals surface area contributed by atoms with Crippen LogP contribution in [0.25, 0.3) is 0 Å². The first-order chi connectivity index (χ1) is 10.3. The number of hydrogen-bond acceptors (Lipinski definition) is 4. The van der Waals surface area contributed by atoms with Crippen LogP contribution in [0.3, 0.4) is 0 Å². The molecule has 2 aliphatic rings. The molecule has 0 saturated heterocycles. The summed E-state index contributed by atoms with van der Waals surface area (Å²) in [6.45, 7) is 0.792. The van der Waals surface area contributed by atoms with Gasteiger partial charge in [-0.2, -0.15) is 0 Å². The molecule has 4 rings (SSSR count). The van der Waals surface area contributed by atoms with E-state index in [9.17, 15) is 5.11 Å². The summed E-state index contributed by atoms with van der Waals surface area (Å²) in [6, 6.07) is 8.38. The fourth-order valence-corrected chi connectivity index (χ4v) is 4.32. The minimum absolute atomic E-state index is 0.0513. The number of aromatic nitrogens is 1. The molecule has 0 bridgehead atoms. The molecule has 1 aromatic carbocycles. The third kappa shape index (κ3) is 2.52. The maximum atomic E-state index is 10.3. The molecule has 1 heterocycles. The SMILES string of the molecule is OC1Cc2ccccc2C1NCc1cnc(C2CCC2)s1. The topological polar surface area (TPSA) is 45.1 Å². The molecule has 1 aromatic heterocycles. The van der Waals surface area contributed by atoms with Crippen molar-refractivity contribution in [2.24, 2.45) is 0 Å². The Labute approximate surface area is 129 Å². The van der Waals surface area contributed by atoms with E-state index in [1.54, 1.807) is 0 Å². The van der Waals surface area contributed by atoms with Crippen molar-refractivity contribution in [1.82, 2.24) is 10.3 Å². The molecule has 0 spiro atoms. The van der Waals surface area contributed by atoms with Crippen LogP contribution in [0.4, 0.5) is 0 Å². The van der Waals surface area contributed by atoms with Crippen LogP contribution in [-0.4, -0.2) is 16.2 Å². The lowest BCUT2D eigenvalue weighted by Crippen LogP contribution is -2.28. The molecule has 2 aliphatic carbocycles. The molecule has 2 aromatic rings. The first-order valence-electron chi connectivity index (χ1n) is 7.75. The standard InChI is InChI=1S/C17H20N2OS/c20-15-8-12-4-1-2-7-14(12)16(15)18-9-13-10-19-17(21-13)11-5-3-6-11/h1-2,4,7,10-11,15-16,18,20H,3,5-6,8-9H2. The van der Waals surface area contributed by atoms with Crippen LogP contribution in [0, 0.1) is 0 Å². The van der Waals surface area contributed by atoms with Crippen LogP contribution in [0.5, 0.6) is 0 Å². The highest BCUT2D eigenvalue weighted by Crippen LogP contribution is 2.38. The molecule has 110 valence electrons. The van der Waals surface area contributed by atoms with Crippen LogP contribution in [0.15, 0.2) is 30.5 Å². The predicted octanol–water partition coefficient (Wildman–Crippen LogP) is 3.16. The number of rotatable bonds is 4. The Morgan fingerprint density at radius 3 is 2.95 bits per heavy atom. The van der Waals surface area contributed by atoms with Gasteiger partial charge in [0, 0.05) is 30.0 Å². The van der Waals surface area contributed by atoms with E-state index in [0.717, 1.165) is 13.0 Å². The van der Waals surface area contributed by atoms with Crippen molar-refractivity contribution >= 4 is 11.3 Å². The predicted molar refractivity (Wildman–Crippen MR) is 84.4 cm³/mol. The van der Waals surface area contributed by atoms with Gasteiger partial charge >= 0.3 is 0 Å². The second-order valence-electron chi connectivity index (χ2n) is 6.12. The number of aliphatic hydroxyl groups excluding tert-OH is 1. The molecule has 0 amide bonds. The number of nitrogens with zero attached hydrogens (tertiary/aromatic N) is 1. The van der Waals surface area contributed by atoms with Crippen molar-refractivity contribution in [3.05, 3.63) is 51.5 Å². The highest BCUT2D eigenvalue weighted by Gasteiger charge is 2.30. The zero-order valence-corrected chi connectivity index (χ0v) is 12.8. The van der Waals surface area contributed by atoms with Crippen LogP contribution in [-0.2, 0) is 13.0 Å². The van der Waals surface area contributed by atoms with E-state index in [1.165, 1.54) is 40.3 Å². The summed E-state index contributed by atoms with van der Waals surface area (Å²) in [7, 11) is 0. The van der Waals surface area contributed by atoms with Crippen molar-refractivity contribution < 1.29 is 5.11 Å². The molecule has 2 atom stereocenters. The van der Waals surface area contributed by atoms with E-state index in [0.29, 0.717) is 5.92 Å². The molecule has 21 heavy (non-hydrogen) atoms. The van der Waals surface area contributed by atoms with Gasteiger partial charge in [-0.1, -0.05) is 30.7 Å². The van der Waals surface area contributed by atoms with Crippen LogP contribution >= 0.6 is 11.3 Å². The van der Waals surface area contributed by atoms with Gasteiger partial charge in [-0.25, -0.2) is 4.98 Å². The average molecular weight is 300 g/mol. The van der Waals surface area contributed by atoms with Gasteiger partial charge in [0.2, 0.25) is 0 Å². The molecular weight excluding hydrogens is 280 g/mol. The molecular formula is C17H20N2OS. The summed E-state index contributed by atoms with van der Waals surface area (Å²) in [5.74, 6) is 0.710. The van der Waals surface area contributed by atoms with E-state index < -0.39 is 0 Å². The van der Waals surface area contributed by atoms with Crippen molar-refractivity contribution in [3.63, 3.8) is 0 Å². The summed E-state index contributed by atoms with van der Waals surface area (Å²) in [4.78, 5) is 5.83. The van der Waals surface area contributed by atoms with Gasteiger partial charge in [0.1, 0.15) is 0 Å². The fraction of sp³-hybridized carbons (Fsp3) is 0.471. The Kier molecular flexibility index (Phi) is 3.53. The summed E-state index contributed by atoms with van der Waals surface area (Å²) in [6.07, 6.45) is 6.39. The summed E-state index contributed by atoms with van der Waals surface area (Å²) >= 11 is 1.83. The van der Waals surface area contributed by atoms with Crippen molar-refractivity contribution in [1.29, 1.82) is 0 Å². The molecule has 2 unspecified atom stereocenters. The maximum Gasteiger partial charge on any atom is 0.0959 e. The van der Waals surface area contributed by atoms with Crippen molar-refractivity contribution in [3.8, 4) is 0 Å². The minimum atomic E-state index is -0.318. The highest BCUT2D eigenvalue weighted by atomic mass is 32.1. The van der Waals surface area contributed by atoms with Crippen LogP contribution < -0.4 is 5.32 Å². The quantitative estimate of drug-likeness (QED) is 0.911. The number of fused-ring (bicyclic) bond motifs is 1. The number of hydrogen-bond donors (Lipinski definition) is 2. The monoisotopic (exact) mass is 300 g/mol. The molecule has 1 fully saturated rings. The lowest BCUT2D eigenvalue weighted by Gasteiger charge is -2.22. The van der Waals surface area contributed by atoms with Crippen molar-refractivity contribution in [2.75, 3.05) is 0 Å². The largest absolute Gasteiger partial charge is 0.391 e. The van der Waals surface area contributed by atoms with E-state index >= 15 is 0 Å². The Morgan fingerprint density at radius 2 is 2.14 bits per heavy atom. The third-order valence-corrected chi connectivity index (χ3v) is 5.89. The van der Waals surface area contributed by atoms with Gasteiger partial charge in [0.25, 0.3) is 0 Å². The van der Waals surface area contributed by atoms with Gasteiger partial charge in [-0.15, -0.1) is 11.3 Å². The maximum absolute atomic E-state index is 10.3. The number of aliphatic hydroxyl groups is 1. The van der Waals surface area contributed by atoms with Gasteiger partial charge in [0.15, 0.2) is 0 Å². The van der Waals surface area contributed by atoms with E-state index in [1.807, 2.05) is 29.7 Å². The molecule has 4 heteroatoms. The van der Waals surface area contributed by atoms with Gasteiger partial charge in [0.05, 0.1) is 17.2 Å². The molecule has 1 saturated carbocycles. The summed E-state index contributed by atoms with van der Waals surface area (Å²) < 4.78 is 0. The molecule has 0 aliphatic heterocycles. The zero-order valence-electron chi connectivity index (χ0n) is 12.0. The normalized spacial score (nSPS) is 24.8. The van der Waals surface area contributed by atoms with Gasteiger partial charge in [-0.05, 0) is 24.0 Å². The highest BCUT2D eigenvalue weighted by molar-refractivity contribution is 7.11. The Bertz CT molecular complexity index is 635. The van der Waals surface area contributed by atoms with E-state index in [4.69, 9.17) is 0 Å². The smallest absolute Gasteiger partial charge is 0.0959 e. The zero-order chi connectivity index (χ0) is 14.2. The Balaban J connectivity index is 1.43. The number of nitrogens with one attached hydrogen (secondary N) is 1. The number of thiazole rings is 1. The third-order valence-electron chi connectivity index (χ3n) is 4.73. The molecule has 0 radical (unpaired) electrons. The molecule has 2 N–H and O–H groups in total. The first kappa shape index (κ1) is 13.4. The Hall–Kier alpha value is -1.23. The van der Waals surface area contributed by atoms with Gasteiger partial charge < -0.3 is 10.4 Å². The average Bonchev–Trinajstić information content (AvgIpc) is 2.99.